The van der Waals surface area contributed by atoms with Gasteiger partial charge < -0.3 is 9.80 Å². The molecule has 0 aliphatic carbocycles. The number of hydrogen-bond acceptors (Lipinski definition) is 7. The van der Waals surface area contributed by atoms with Crippen molar-refractivity contribution in [3.8, 4) is 0 Å². The van der Waals surface area contributed by atoms with Crippen LogP contribution >= 0.6 is 0 Å². The summed E-state index contributed by atoms with van der Waals surface area (Å²) in [6.07, 6.45) is -4.36. The van der Waals surface area contributed by atoms with E-state index >= 15 is 0 Å². The maximum absolute atomic E-state index is 12.6. The zero-order valence-corrected chi connectivity index (χ0v) is 11.7. The van der Waals surface area contributed by atoms with Gasteiger partial charge >= 0.3 is 6.18 Å². The van der Waals surface area contributed by atoms with E-state index in [0.29, 0.717) is 0 Å². The normalized spacial score (nSPS) is 11.7. The first-order valence-electron chi connectivity index (χ1n) is 5.87. The van der Waals surface area contributed by atoms with Crippen LogP contribution in [0.15, 0.2) is 0 Å². The first-order chi connectivity index (χ1) is 9.14. The first kappa shape index (κ1) is 16.2. The topological polar surface area (TPSA) is 83.2 Å². The van der Waals surface area contributed by atoms with E-state index in [0.717, 1.165) is 4.90 Å². The van der Waals surface area contributed by atoms with Crippen molar-refractivity contribution in [2.24, 2.45) is 5.84 Å². The summed E-state index contributed by atoms with van der Waals surface area (Å²) in [7, 11) is 3.34. The Balaban J connectivity index is 3.22. The van der Waals surface area contributed by atoms with Crippen molar-refractivity contribution in [3.05, 3.63) is 0 Å². The highest BCUT2D eigenvalue weighted by Gasteiger charge is 2.33. The molecule has 0 saturated heterocycles. The quantitative estimate of drug-likeness (QED) is 0.619. The SMILES string of the molecule is CC(C)N(CC(F)(F)F)c1nc(NN)nc(N(C)C)n1. The van der Waals surface area contributed by atoms with Crippen LogP contribution in [0.25, 0.3) is 0 Å². The third-order valence-electron chi connectivity index (χ3n) is 2.37. The van der Waals surface area contributed by atoms with Crippen molar-refractivity contribution in [1.29, 1.82) is 0 Å². The Morgan fingerprint density at radius 2 is 1.70 bits per heavy atom. The zero-order valence-electron chi connectivity index (χ0n) is 11.7. The summed E-state index contributed by atoms with van der Waals surface area (Å²) in [4.78, 5) is 14.4. The standard InChI is InChI=1S/C10H18F3N7/c1-6(2)20(5-10(11,12)13)9-16-7(18-14)15-8(17-9)19(3)4/h6H,5,14H2,1-4H3,(H,15,16,17,18). The molecule has 1 aromatic heterocycles. The van der Waals surface area contributed by atoms with Gasteiger partial charge in [-0.3, -0.25) is 5.43 Å². The van der Waals surface area contributed by atoms with E-state index < -0.39 is 18.8 Å². The Kier molecular flexibility index (Phi) is 4.93. The molecule has 0 fully saturated rings. The van der Waals surface area contributed by atoms with E-state index in [1.54, 1.807) is 32.8 Å². The van der Waals surface area contributed by atoms with Gasteiger partial charge in [-0.25, -0.2) is 5.84 Å². The number of aromatic nitrogens is 3. The van der Waals surface area contributed by atoms with Crippen molar-refractivity contribution < 1.29 is 13.2 Å². The summed E-state index contributed by atoms with van der Waals surface area (Å²) < 4.78 is 37.9. The van der Waals surface area contributed by atoms with Crippen LogP contribution in [0.2, 0.25) is 0 Å². The molecule has 7 nitrogen and oxygen atoms in total. The highest BCUT2D eigenvalue weighted by Crippen LogP contribution is 2.23. The third-order valence-corrected chi connectivity index (χ3v) is 2.37. The summed E-state index contributed by atoms with van der Waals surface area (Å²) in [5, 5.41) is 0. The molecule has 0 aliphatic rings. The number of nitrogens with zero attached hydrogens (tertiary/aromatic N) is 5. The van der Waals surface area contributed by atoms with Gasteiger partial charge in [-0.15, -0.1) is 0 Å². The predicted molar refractivity (Wildman–Crippen MR) is 70.5 cm³/mol. The molecule has 3 N–H and O–H groups in total. The van der Waals surface area contributed by atoms with Crippen molar-refractivity contribution in [2.75, 3.05) is 35.9 Å². The Morgan fingerprint density at radius 1 is 1.15 bits per heavy atom. The molecule has 20 heavy (non-hydrogen) atoms. The van der Waals surface area contributed by atoms with Crippen LogP contribution < -0.4 is 21.1 Å². The van der Waals surface area contributed by atoms with Crippen LogP contribution in [0.5, 0.6) is 0 Å². The highest BCUT2D eigenvalue weighted by molar-refractivity contribution is 5.44. The van der Waals surface area contributed by atoms with Gasteiger partial charge in [-0.2, -0.15) is 28.1 Å². The van der Waals surface area contributed by atoms with Gasteiger partial charge in [0.25, 0.3) is 0 Å². The van der Waals surface area contributed by atoms with Gasteiger partial charge in [0.05, 0.1) is 0 Å². The summed E-state index contributed by atoms with van der Waals surface area (Å²) in [5.74, 6) is 5.37. The first-order valence-corrected chi connectivity index (χ1v) is 5.87. The van der Waals surface area contributed by atoms with Crippen molar-refractivity contribution in [2.45, 2.75) is 26.1 Å². The van der Waals surface area contributed by atoms with Crippen LogP contribution in [-0.2, 0) is 0 Å². The molecule has 0 amide bonds. The van der Waals surface area contributed by atoms with Gasteiger partial charge in [0.2, 0.25) is 17.8 Å². The summed E-state index contributed by atoms with van der Waals surface area (Å²) in [5.41, 5.74) is 2.22. The highest BCUT2D eigenvalue weighted by atomic mass is 19.4. The van der Waals surface area contributed by atoms with E-state index in [9.17, 15) is 13.2 Å². The zero-order chi connectivity index (χ0) is 15.5. The lowest BCUT2D eigenvalue weighted by Crippen LogP contribution is -2.40. The van der Waals surface area contributed by atoms with Gasteiger partial charge in [-0.05, 0) is 13.8 Å². The number of hydrazine groups is 1. The van der Waals surface area contributed by atoms with Crippen molar-refractivity contribution >= 4 is 17.8 Å². The number of anilines is 3. The molecule has 1 heterocycles. The lowest BCUT2D eigenvalue weighted by molar-refractivity contribution is -0.120. The number of nitrogen functional groups attached to an aromatic ring is 1. The maximum atomic E-state index is 12.6. The molecule has 0 aromatic carbocycles. The molecular formula is C10H18F3N7. The minimum Gasteiger partial charge on any atom is -0.347 e. The number of alkyl halides is 3. The summed E-state index contributed by atoms with van der Waals surface area (Å²) in [6.45, 7) is 2.10. The van der Waals surface area contributed by atoms with E-state index in [1.165, 1.54) is 0 Å². The number of nitrogens with one attached hydrogen (secondary N) is 1. The Hall–Kier alpha value is -1.84. The maximum Gasteiger partial charge on any atom is 0.406 e. The van der Waals surface area contributed by atoms with Crippen LogP contribution in [0.3, 0.4) is 0 Å². The van der Waals surface area contributed by atoms with E-state index in [4.69, 9.17) is 5.84 Å². The molecule has 10 heteroatoms. The van der Waals surface area contributed by atoms with Crippen molar-refractivity contribution in [1.82, 2.24) is 15.0 Å². The van der Waals surface area contributed by atoms with E-state index in [1.807, 2.05) is 0 Å². The fraction of sp³-hybridized carbons (Fsp3) is 0.700. The number of rotatable bonds is 5. The number of halogens is 3. The Morgan fingerprint density at radius 3 is 2.10 bits per heavy atom. The van der Waals surface area contributed by atoms with Gasteiger partial charge in [0.1, 0.15) is 6.54 Å². The Bertz CT molecular complexity index is 447. The molecule has 1 aromatic rings. The average Bonchev–Trinajstić information content (AvgIpc) is 2.33. The van der Waals surface area contributed by atoms with Crippen LogP contribution in [-0.4, -0.2) is 47.8 Å². The van der Waals surface area contributed by atoms with E-state index in [2.05, 4.69) is 20.4 Å². The van der Waals surface area contributed by atoms with Gasteiger partial charge in [-0.1, -0.05) is 0 Å². The second-order valence-electron chi connectivity index (χ2n) is 4.63. The molecule has 114 valence electrons. The Labute approximate surface area is 115 Å². The molecule has 0 radical (unpaired) electrons. The van der Waals surface area contributed by atoms with Gasteiger partial charge in [0.15, 0.2) is 0 Å². The monoisotopic (exact) mass is 293 g/mol. The van der Waals surface area contributed by atoms with Crippen LogP contribution in [0, 0.1) is 0 Å². The molecule has 0 bridgehead atoms. The molecule has 0 unspecified atom stereocenters. The minimum atomic E-state index is -4.36. The minimum absolute atomic E-state index is 0.00604. The second kappa shape index (κ2) is 6.07. The molecule has 0 spiro atoms. The van der Waals surface area contributed by atoms with Crippen LogP contribution in [0.4, 0.5) is 31.0 Å². The average molecular weight is 293 g/mol. The molecule has 0 saturated carbocycles. The van der Waals surface area contributed by atoms with Crippen LogP contribution in [0.1, 0.15) is 13.8 Å². The smallest absolute Gasteiger partial charge is 0.347 e. The lowest BCUT2D eigenvalue weighted by Gasteiger charge is -2.28. The largest absolute Gasteiger partial charge is 0.406 e. The van der Waals surface area contributed by atoms with Crippen molar-refractivity contribution in [3.63, 3.8) is 0 Å². The van der Waals surface area contributed by atoms with E-state index in [-0.39, 0.29) is 17.8 Å². The third kappa shape index (κ3) is 4.37. The van der Waals surface area contributed by atoms with Gasteiger partial charge in [0, 0.05) is 20.1 Å². The molecular weight excluding hydrogens is 275 g/mol. The number of hydrogen-bond donors (Lipinski definition) is 2. The predicted octanol–water partition coefficient (Wildman–Crippen LogP) is 1.00. The lowest BCUT2D eigenvalue weighted by atomic mass is 10.3. The molecule has 1 rings (SSSR count). The molecule has 0 aliphatic heterocycles. The fourth-order valence-electron chi connectivity index (χ4n) is 1.42. The molecule has 0 atom stereocenters. The summed E-state index contributed by atoms with van der Waals surface area (Å²) >= 11 is 0. The fourth-order valence-corrected chi connectivity index (χ4v) is 1.42. The second-order valence-corrected chi connectivity index (χ2v) is 4.63. The summed E-state index contributed by atoms with van der Waals surface area (Å²) in [6, 6.07) is -0.431. The number of nitrogens with two attached hydrogens (primary N) is 1.